The van der Waals surface area contributed by atoms with Crippen LogP contribution in [0.25, 0.3) is 0 Å². The SMILES string of the molecule is C[C@@H]1CN(C(=S)NC2CCCC2)C[C@@H](C)O1. The van der Waals surface area contributed by atoms with Gasteiger partial charge in [0.15, 0.2) is 5.11 Å². The van der Waals surface area contributed by atoms with Gasteiger partial charge in [0.2, 0.25) is 0 Å². The quantitative estimate of drug-likeness (QED) is 0.710. The van der Waals surface area contributed by atoms with Crippen molar-refractivity contribution >= 4 is 17.3 Å². The Bertz CT molecular complexity index is 243. The molecule has 0 radical (unpaired) electrons. The van der Waals surface area contributed by atoms with E-state index in [2.05, 4.69) is 24.1 Å². The van der Waals surface area contributed by atoms with Gasteiger partial charge in [0.25, 0.3) is 0 Å². The molecular formula is C12H22N2OS. The topological polar surface area (TPSA) is 24.5 Å². The van der Waals surface area contributed by atoms with Gasteiger partial charge in [0.1, 0.15) is 0 Å². The summed E-state index contributed by atoms with van der Waals surface area (Å²) in [6.45, 7) is 6.06. The van der Waals surface area contributed by atoms with Gasteiger partial charge in [0.05, 0.1) is 12.2 Å². The molecule has 1 saturated heterocycles. The van der Waals surface area contributed by atoms with Crippen LogP contribution >= 0.6 is 12.2 Å². The van der Waals surface area contributed by atoms with E-state index in [1.54, 1.807) is 0 Å². The van der Waals surface area contributed by atoms with Crippen molar-refractivity contribution in [1.82, 2.24) is 10.2 Å². The minimum absolute atomic E-state index is 0.284. The molecule has 2 fully saturated rings. The number of rotatable bonds is 1. The van der Waals surface area contributed by atoms with Gasteiger partial charge in [-0.15, -0.1) is 0 Å². The molecule has 4 heteroatoms. The molecule has 0 bridgehead atoms. The normalized spacial score (nSPS) is 31.8. The highest BCUT2D eigenvalue weighted by atomic mass is 32.1. The zero-order valence-corrected chi connectivity index (χ0v) is 11.1. The number of hydrogen-bond acceptors (Lipinski definition) is 2. The summed E-state index contributed by atoms with van der Waals surface area (Å²) < 4.78 is 5.71. The molecule has 2 aliphatic rings. The predicted molar refractivity (Wildman–Crippen MR) is 69.6 cm³/mol. The van der Waals surface area contributed by atoms with Gasteiger partial charge >= 0.3 is 0 Å². The summed E-state index contributed by atoms with van der Waals surface area (Å²) in [6.07, 6.45) is 5.80. The summed E-state index contributed by atoms with van der Waals surface area (Å²) in [7, 11) is 0. The van der Waals surface area contributed by atoms with E-state index in [0.29, 0.717) is 6.04 Å². The van der Waals surface area contributed by atoms with Crippen molar-refractivity contribution in [3.05, 3.63) is 0 Å². The molecule has 0 unspecified atom stereocenters. The van der Waals surface area contributed by atoms with E-state index in [1.807, 2.05) is 0 Å². The highest BCUT2D eigenvalue weighted by molar-refractivity contribution is 7.80. The molecule has 0 aromatic rings. The molecule has 92 valence electrons. The zero-order valence-electron chi connectivity index (χ0n) is 10.2. The molecule has 0 amide bonds. The second-order valence-corrected chi connectivity index (χ2v) is 5.48. The molecule has 1 N–H and O–H groups in total. The third kappa shape index (κ3) is 3.08. The van der Waals surface area contributed by atoms with Crippen LogP contribution in [0, 0.1) is 0 Å². The lowest BCUT2D eigenvalue weighted by atomic mass is 10.2. The molecule has 1 aliphatic heterocycles. The molecule has 3 nitrogen and oxygen atoms in total. The van der Waals surface area contributed by atoms with Crippen molar-refractivity contribution < 1.29 is 4.74 Å². The number of hydrogen-bond donors (Lipinski definition) is 1. The number of nitrogens with one attached hydrogen (secondary N) is 1. The van der Waals surface area contributed by atoms with E-state index >= 15 is 0 Å². The van der Waals surface area contributed by atoms with E-state index < -0.39 is 0 Å². The molecule has 2 rings (SSSR count). The van der Waals surface area contributed by atoms with Crippen molar-refractivity contribution in [3.8, 4) is 0 Å². The van der Waals surface area contributed by atoms with Crippen LogP contribution in [0.15, 0.2) is 0 Å². The Morgan fingerprint density at radius 2 is 1.75 bits per heavy atom. The number of ether oxygens (including phenoxy) is 1. The van der Waals surface area contributed by atoms with E-state index in [9.17, 15) is 0 Å². The fraction of sp³-hybridized carbons (Fsp3) is 0.917. The van der Waals surface area contributed by atoms with Crippen LogP contribution in [0.4, 0.5) is 0 Å². The minimum atomic E-state index is 0.284. The van der Waals surface area contributed by atoms with Crippen LogP contribution in [0.5, 0.6) is 0 Å². The predicted octanol–water partition coefficient (Wildman–Crippen LogP) is 1.91. The van der Waals surface area contributed by atoms with Gasteiger partial charge in [-0.05, 0) is 38.9 Å². The van der Waals surface area contributed by atoms with Gasteiger partial charge in [-0.25, -0.2) is 0 Å². The summed E-state index contributed by atoms with van der Waals surface area (Å²) in [4.78, 5) is 2.26. The molecule has 0 spiro atoms. The largest absolute Gasteiger partial charge is 0.372 e. The maximum Gasteiger partial charge on any atom is 0.169 e. The molecule has 1 aliphatic carbocycles. The Morgan fingerprint density at radius 1 is 1.19 bits per heavy atom. The third-order valence-electron chi connectivity index (χ3n) is 3.39. The van der Waals surface area contributed by atoms with Crippen LogP contribution in [0.1, 0.15) is 39.5 Å². The zero-order chi connectivity index (χ0) is 11.5. The second-order valence-electron chi connectivity index (χ2n) is 5.09. The lowest BCUT2D eigenvalue weighted by molar-refractivity contribution is -0.0483. The van der Waals surface area contributed by atoms with Gasteiger partial charge in [0, 0.05) is 19.1 Å². The molecule has 0 aromatic carbocycles. The molecule has 0 aromatic heterocycles. The third-order valence-corrected chi connectivity index (χ3v) is 3.77. The monoisotopic (exact) mass is 242 g/mol. The summed E-state index contributed by atoms with van der Waals surface area (Å²) >= 11 is 5.48. The molecule has 1 heterocycles. The van der Waals surface area contributed by atoms with E-state index in [-0.39, 0.29) is 12.2 Å². The highest BCUT2D eigenvalue weighted by Gasteiger charge is 2.25. The fourth-order valence-corrected chi connectivity index (χ4v) is 3.00. The summed E-state index contributed by atoms with van der Waals surface area (Å²) in [5.74, 6) is 0. The van der Waals surface area contributed by atoms with Crippen LogP contribution in [-0.2, 0) is 4.74 Å². The standard InChI is InChI=1S/C12H22N2OS/c1-9-7-14(8-10(2)15-9)12(16)13-11-5-3-4-6-11/h9-11H,3-8H2,1-2H3,(H,13,16)/t9-,10-/m1/s1. The summed E-state index contributed by atoms with van der Waals surface area (Å²) in [5.41, 5.74) is 0. The van der Waals surface area contributed by atoms with Crippen molar-refractivity contribution in [2.75, 3.05) is 13.1 Å². The maximum absolute atomic E-state index is 5.71. The van der Waals surface area contributed by atoms with Crippen molar-refractivity contribution in [2.24, 2.45) is 0 Å². The fourth-order valence-electron chi connectivity index (χ4n) is 2.68. The summed E-state index contributed by atoms with van der Waals surface area (Å²) in [6, 6.07) is 0.612. The Labute approximate surface area is 104 Å². The first-order valence-corrected chi connectivity index (χ1v) is 6.77. The summed E-state index contributed by atoms with van der Waals surface area (Å²) in [5, 5.41) is 4.42. The average Bonchev–Trinajstić information content (AvgIpc) is 2.68. The lowest BCUT2D eigenvalue weighted by Gasteiger charge is -2.37. The van der Waals surface area contributed by atoms with E-state index in [4.69, 9.17) is 17.0 Å². The van der Waals surface area contributed by atoms with Crippen molar-refractivity contribution in [1.29, 1.82) is 0 Å². The minimum Gasteiger partial charge on any atom is -0.372 e. The van der Waals surface area contributed by atoms with Crippen molar-refractivity contribution in [3.63, 3.8) is 0 Å². The maximum atomic E-state index is 5.71. The van der Waals surface area contributed by atoms with Crippen LogP contribution < -0.4 is 5.32 Å². The number of morpholine rings is 1. The van der Waals surface area contributed by atoms with Crippen LogP contribution in [0.2, 0.25) is 0 Å². The Balaban J connectivity index is 1.83. The second kappa shape index (κ2) is 5.32. The Kier molecular flexibility index (Phi) is 4.03. The van der Waals surface area contributed by atoms with Gasteiger partial charge in [-0.3, -0.25) is 0 Å². The van der Waals surface area contributed by atoms with Gasteiger partial charge in [-0.1, -0.05) is 12.8 Å². The molecule has 1 saturated carbocycles. The number of nitrogens with zero attached hydrogens (tertiary/aromatic N) is 1. The molecule has 16 heavy (non-hydrogen) atoms. The highest BCUT2D eigenvalue weighted by Crippen LogP contribution is 2.18. The smallest absolute Gasteiger partial charge is 0.169 e. The van der Waals surface area contributed by atoms with E-state index in [1.165, 1.54) is 25.7 Å². The first kappa shape index (κ1) is 12.1. The Hall–Kier alpha value is -0.350. The first-order chi connectivity index (χ1) is 7.65. The van der Waals surface area contributed by atoms with Crippen LogP contribution in [0.3, 0.4) is 0 Å². The van der Waals surface area contributed by atoms with Gasteiger partial charge in [-0.2, -0.15) is 0 Å². The molecule has 2 atom stereocenters. The number of thiocarbonyl (C=S) groups is 1. The van der Waals surface area contributed by atoms with Crippen LogP contribution in [-0.4, -0.2) is 41.4 Å². The van der Waals surface area contributed by atoms with Crippen molar-refractivity contribution in [2.45, 2.75) is 57.8 Å². The molecular weight excluding hydrogens is 220 g/mol. The van der Waals surface area contributed by atoms with E-state index in [0.717, 1.165) is 18.2 Å². The Morgan fingerprint density at radius 3 is 2.31 bits per heavy atom. The van der Waals surface area contributed by atoms with Gasteiger partial charge < -0.3 is 15.0 Å². The first-order valence-electron chi connectivity index (χ1n) is 6.36. The lowest BCUT2D eigenvalue weighted by Crippen LogP contribution is -2.53. The average molecular weight is 242 g/mol.